The maximum Gasteiger partial charge on any atom is 0.198 e. The number of nitrogens with zero attached hydrogens (tertiary/aromatic N) is 1. The minimum Gasteiger partial charge on any atom is -0.448 e. The van der Waals surface area contributed by atoms with Gasteiger partial charge in [0.25, 0.3) is 0 Å². The van der Waals surface area contributed by atoms with Gasteiger partial charge >= 0.3 is 0 Å². The van der Waals surface area contributed by atoms with Crippen molar-refractivity contribution in [3.63, 3.8) is 0 Å². The molecule has 13 heavy (non-hydrogen) atoms. The molecule has 2 heterocycles. The molecular weight excluding hydrogens is 184 g/mol. The molecule has 0 saturated carbocycles. The first kappa shape index (κ1) is 9.09. The lowest BCUT2D eigenvalue weighted by Gasteiger charge is -2.17. The van der Waals surface area contributed by atoms with Crippen LogP contribution in [-0.2, 0) is 6.54 Å². The molecule has 0 spiro atoms. The SMILES string of the molecule is NCc1coc(C2CCCSC2)n1. The van der Waals surface area contributed by atoms with Gasteiger partial charge in [-0.1, -0.05) is 0 Å². The summed E-state index contributed by atoms with van der Waals surface area (Å²) in [6.07, 6.45) is 4.15. The van der Waals surface area contributed by atoms with E-state index in [0.717, 1.165) is 17.3 Å². The lowest BCUT2D eigenvalue weighted by molar-refractivity contribution is 0.443. The van der Waals surface area contributed by atoms with Crippen LogP contribution in [0.25, 0.3) is 0 Å². The van der Waals surface area contributed by atoms with Crippen molar-refractivity contribution in [2.24, 2.45) is 5.73 Å². The summed E-state index contributed by atoms with van der Waals surface area (Å²) in [7, 11) is 0. The normalized spacial score (nSPS) is 23.3. The Morgan fingerprint density at radius 3 is 3.23 bits per heavy atom. The van der Waals surface area contributed by atoms with Crippen LogP contribution >= 0.6 is 11.8 Å². The summed E-state index contributed by atoms with van der Waals surface area (Å²) in [4.78, 5) is 4.35. The molecule has 4 heteroatoms. The van der Waals surface area contributed by atoms with Crippen LogP contribution < -0.4 is 5.73 Å². The molecule has 0 amide bonds. The van der Waals surface area contributed by atoms with Crippen molar-refractivity contribution in [1.29, 1.82) is 0 Å². The zero-order valence-electron chi connectivity index (χ0n) is 7.53. The maximum absolute atomic E-state index is 5.46. The molecule has 3 nitrogen and oxygen atoms in total. The van der Waals surface area contributed by atoms with E-state index in [4.69, 9.17) is 10.2 Å². The second-order valence-electron chi connectivity index (χ2n) is 3.30. The lowest BCUT2D eigenvalue weighted by atomic mass is 10.1. The fraction of sp³-hybridized carbons (Fsp3) is 0.667. The van der Waals surface area contributed by atoms with E-state index in [1.54, 1.807) is 6.26 Å². The van der Waals surface area contributed by atoms with Crippen LogP contribution in [0.2, 0.25) is 0 Å². The highest BCUT2D eigenvalue weighted by Gasteiger charge is 2.20. The first-order valence-electron chi connectivity index (χ1n) is 4.62. The van der Waals surface area contributed by atoms with Crippen molar-refractivity contribution in [2.75, 3.05) is 11.5 Å². The Labute approximate surface area is 82.1 Å². The van der Waals surface area contributed by atoms with Gasteiger partial charge in [-0.15, -0.1) is 0 Å². The summed E-state index contributed by atoms with van der Waals surface area (Å²) in [5.41, 5.74) is 6.33. The Bertz CT molecular complexity index is 268. The highest BCUT2D eigenvalue weighted by Crippen LogP contribution is 2.30. The topological polar surface area (TPSA) is 52.0 Å². The second-order valence-corrected chi connectivity index (χ2v) is 4.45. The van der Waals surface area contributed by atoms with E-state index >= 15 is 0 Å². The van der Waals surface area contributed by atoms with Crippen molar-refractivity contribution >= 4 is 11.8 Å². The van der Waals surface area contributed by atoms with Gasteiger partial charge in [-0.05, 0) is 18.6 Å². The predicted molar refractivity (Wildman–Crippen MR) is 53.7 cm³/mol. The molecule has 72 valence electrons. The zero-order valence-corrected chi connectivity index (χ0v) is 8.35. The fourth-order valence-electron chi connectivity index (χ4n) is 1.54. The van der Waals surface area contributed by atoms with Crippen LogP contribution in [0.1, 0.15) is 30.3 Å². The summed E-state index contributed by atoms with van der Waals surface area (Å²) in [5.74, 6) is 3.82. The van der Waals surface area contributed by atoms with Crippen molar-refractivity contribution in [2.45, 2.75) is 25.3 Å². The molecule has 1 aliphatic heterocycles. The molecule has 0 aliphatic carbocycles. The van der Waals surface area contributed by atoms with Crippen molar-refractivity contribution in [3.8, 4) is 0 Å². The molecule has 1 unspecified atom stereocenters. The fourth-order valence-corrected chi connectivity index (χ4v) is 2.67. The van der Waals surface area contributed by atoms with E-state index in [1.807, 2.05) is 11.8 Å². The van der Waals surface area contributed by atoms with E-state index in [0.29, 0.717) is 12.5 Å². The second kappa shape index (κ2) is 4.15. The number of oxazole rings is 1. The predicted octanol–water partition coefficient (Wildman–Crippen LogP) is 1.74. The van der Waals surface area contributed by atoms with Gasteiger partial charge in [-0.2, -0.15) is 11.8 Å². The summed E-state index contributed by atoms with van der Waals surface area (Å²) >= 11 is 1.98. The molecule has 1 aliphatic rings. The minimum atomic E-state index is 0.476. The van der Waals surface area contributed by atoms with Gasteiger partial charge in [0.05, 0.1) is 5.69 Å². The standard InChI is InChI=1S/C9H14N2OS/c10-4-8-5-12-9(11-8)7-2-1-3-13-6-7/h5,7H,1-4,6,10H2. The lowest BCUT2D eigenvalue weighted by Crippen LogP contribution is -2.09. The third-order valence-electron chi connectivity index (χ3n) is 2.29. The van der Waals surface area contributed by atoms with Crippen LogP contribution in [0, 0.1) is 0 Å². The summed E-state index contributed by atoms with van der Waals surface area (Å²) in [6, 6.07) is 0. The van der Waals surface area contributed by atoms with Crippen LogP contribution in [0.5, 0.6) is 0 Å². The van der Waals surface area contributed by atoms with E-state index in [2.05, 4.69) is 4.98 Å². The molecular formula is C9H14N2OS. The van der Waals surface area contributed by atoms with Gasteiger partial charge in [0.1, 0.15) is 6.26 Å². The monoisotopic (exact) mass is 198 g/mol. The quantitative estimate of drug-likeness (QED) is 0.786. The Balaban J connectivity index is 2.05. The van der Waals surface area contributed by atoms with Gasteiger partial charge < -0.3 is 10.2 Å². The van der Waals surface area contributed by atoms with Gasteiger partial charge in [0.2, 0.25) is 0 Å². The van der Waals surface area contributed by atoms with Crippen LogP contribution in [0.3, 0.4) is 0 Å². The summed E-state index contributed by atoms with van der Waals surface area (Å²) in [5, 5.41) is 0. The third-order valence-corrected chi connectivity index (χ3v) is 3.50. The largest absolute Gasteiger partial charge is 0.448 e. The molecule has 1 fully saturated rings. The number of nitrogens with two attached hydrogens (primary N) is 1. The molecule has 2 N–H and O–H groups in total. The van der Waals surface area contributed by atoms with Gasteiger partial charge in [0, 0.05) is 18.2 Å². The Morgan fingerprint density at radius 2 is 2.62 bits per heavy atom. The molecule has 1 atom stereocenters. The van der Waals surface area contributed by atoms with Crippen LogP contribution in [0.15, 0.2) is 10.7 Å². The first-order chi connectivity index (χ1) is 6.40. The average molecular weight is 198 g/mol. The van der Waals surface area contributed by atoms with Gasteiger partial charge in [-0.25, -0.2) is 4.98 Å². The average Bonchev–Trinajstić information content (AvgIpc) is 2.67. The number of hydrogen-bond acceptors (Lipinski definition) is 4. The molecule has 1 aromatic rings. The highest BCUT2D eigenvalue weighted by atomic mass is 32.2. The van der Waals surface area contributed by atoms with Gasteiger partial charge in [-0.3, -0.25) is 0 Å². The van der Waals surface area contributed by atoms with Gasteiger partial charge in [0.15, 0.2) is 5.89 Å². The molecule has 1 saturated heterocycles. The van der Waals surface area contributed by atoms with E-state index in [9.17, 15) is 0 Å². The van der Waals surface area contributed by atoms with E-state index in [1.165, 1.54) is 18.6 Å². The molecule has 2 rings (SSSR count). The van der Waals surface area contributed by atoms with Crippen molar-refractivity contribution < 1.29 is 4.42 Å². The summed E-state index contributed by atoms with van der Waals surface area (Å²) in [6.45, 7) is 0.476. The molecule has 0 aromatic carbocycles. The van der Waals surface area contributed by atoms with Crippen LogP contribution in [0.4, 0.5) is 0 Å². The number of rotatable bonds is 2. The Morgan fingerprint density at radius 1 is 1.69 bits per heavy atom. The zero-order chi connectivity index (χ0) is 9.10. The van der Waals surface area contributed by atoms with Crippen molar-refractivity contribution in [1.82, 2.24) is 4.98 Å². The Kier molecular flexibility index (Phi) is 2.90. The number of aromatic nitrogens is 1. The molecule has 0 radical (unpaired) electrons. The molecule has 1 aromatic heterocycles. The van der Waals surface area contributed by atoms with Crippen molar-refractivity contribution in [3.05, 3.63) is 17.8 Å². The van der Waals surface area contributed by atoms with E-state index in [-0.39, 0.29) is 0 Å². The minimum absolute atomic E-state index is 0.476. The van der Waals surface area contributed by atoms with Crippen LogP contribution in [-0.4, -0.2) is 16.5 Å². The highest BCUT2D eigenvalue weighted by molar-refractivity contribution is 7.99. The first-order valence-corrected chi connectivity index (χ1v) is 5.77. The maximum atomic E-state index is 5.46. The van der Waals surface area contributed by atoms with E-state index < -0.39 is 0 Å². The third kappa shape index (κ3) is 2.06. The smallest absolute Gasteiger partial charge is 0.198 e. The molecule has 0 bridgehead atoms. The summed E-state index contributed by atoms with van der Waals surface area (Å²) < 4.78 is 5.39. The Hall–Kier alpha value is -0.480. The number of thioether (sulfide) groups is 1. The number of hydrogen-bond donors (Lipinski definition) is 1.